The first-order valence-electron chi connectivity index (χ1n) is 11.0. The molecule has 2 saturated heterocycles. The predicted molar refractivity (Wildman–Crippen MR) is 129 cm³/mol. The third kappa shape index (κ3) is 3.58. The number of H-pyrrole nitrogens is 1. The average Bonchev–Trinajstić information content (AvgIpc) is 3.55. The Morgan fingerprint density at radius 1 is 1.06 bits per heavy atom. The van der Waals surface area contributed by atoms with Gasteiger partial charge >= 0.3 is 0 Å². The first kappa shape index (κ1) is 21.3. The van der Waals surface area contributed by atoms with E-state index in [1.165, 1.54) is 6.08 Å². The topological polar surface area (TPSA) is 89.5 Å². The lowest BCUT2D eigenvalue weighted by Crippen LogP contribution is -2.42. The summed E-state index contributed by atoms with van der Waals surface area (Å²) in [5.41, 5.74) is 3.75. The van der Waals surface area contributed by atoms with Gasteiger partial charge in [-0.3, -0.25) is 0 Å². The Labute approximate surface area is 201 Å². The molecule has 172 valence electrons. The summed E-state index contributed by atoms with van der Waals surface area (Å²) in [5.74, 6) is 0. The number of ether oxygens (including phenoxy) is 3. The molecule has 0 amide bonds. The van der Waals surface area contributed by atoms with Gasteiger partial charge in [-0.2, -0.15) is 4.98 Å². The smallest absolute Gasteiger partial charge is 0.296 e. The van der Waals surface area contributed by atoms with Crippen LogP contribution in [-0.4, -0.2) is 57.2 Å². The maximum Gasteiger partial charge on any atom is 0.296 e. The van der Waals surface area contributed by atoms with Crippen LogP contribution in [0.5, 0.6) is 6.01 Å². The number of hydrogen-bond acceptors (Lipinski definition) is 6. The molecule has 2 aromatic carbocycles. The number of imidazole rings is 1. The Balaban J connectivity index is 1.25. The molecule has 2 aliphatic heterocycles. The summed E-state index contributed by atoms with van der Waals surface area (Å²) in [5, 5.41) is 11.1. The van der Waals surface area contributed by atoms with Gasteiger partial charge in [-0.15, -0.1) is 6.58 Å². The minimum absolute atomic E-state index is 0.120. The van der Waals surface area contributed by atoms with Crippen molar-refractivity contribution < 1.29 is 19.3 Å². The Bertz CT molecular complexity index is 1360. The van der Waals surface area contributed by atoms with Crippen molar-refractivity contribution in [3.8, 4) is 28.4 Å². The van der Waals surface area contributed by atoms with E-state index in [-0.39, 0.29) is 13.2 Å². The molecule has 0 aliphatic carbocycles. The van der Waals surface area contributed by atoms with Crippen molar-refractivity contribution in [1.82, 2.24) is 15.0 Å². The number of aromatic nitrogens is 3. The molecule has 2 N–H and O–H groups in total. The first-order valence-corrected chi connectivity index (χ1v) is 11.4. The molecule has 0 saturated carbocycles. The molecule has 2 fully saturated rings. The van der Waals surface area contributed by atoms with Gasteiger partial charge in [-0.1, -0.05) is 72.3 Å². The standard InChI is InChI=1S/C26H22ClN3O4/c1-2-26(31)14-33-22-20(13-32-23(22)26)34-25-28-19-12-18(27)21(29-24(19)30-25)17-10-8-16(9-11-17)15-6-4-3-5-7-15/h2-12,20,22-23,31H,1,13-14H2,(H,28,29,30)/t20-,22?,23?,26-/m1/s1. The van der Waals surface area contributed by atoms with Gasteiger partial charge in [-0.05, 0) is 17.2 Å². The normalized spacial score (nSPS) is 26.0. The number of nitrogens with one attached hydrogen (secondary N) is 1. The minimum Gasteiger partial charge on any atom is -0.456 e. The van der Waals surface area contributed by atoms with Gasteiger partial charge in [0.15, 0.2) is 11.8 Å². The van der Waals surface area contributed by atoms with E-state index in [0.717, 1.165) is 16.7 Å². The Morgan fingerprint density at radius 2 is 1.79 bits per heavy atom. The second-order valence-electron chi connectivity index (χ2n) is 8.56. The number of aliphatic hydroxyl groups is 1. The van der Waals surface area contributed by atoms with Gasteiger partial charge in [0.05, 0.1) is 29.4 Å². The van der Waals surface area contributed by atoms with E-state index >= 15 is 0 Å². The Hall–Kier alpha value is -3.23. The lowest BCUT2D eigenvalue weighted by molar-refractivity contribution is -0.0368. The average molecular weight is 476 g/mol. The molecule has 2 aromatic heterocycles. The van der Waals surface area contributed by atoms with Gasteiger partial charge in [0.25, 0.3) is 6.01 Å². The highest BCUT2D eigenvalue weighted by molar-refractivity contribution is 6.33. The SMILES string of the molecule is C=C[C@@]1(O)COC2C1OC[C@H]2Oc1nc2nc(-c3ccc(-c4ccccc4)cc3)c(Cl)cc2[nH]1. The van der Waals surface area contributed by atoms with E-state index in [0.29, 0.717) is 27.9 Å². The maximum absolute atomic E-state index is 10.5. The largest absolute Gasteiger partial charge is 0.456 e. The summed E-state index contributed by atoms with van der Waals surface area (Å²) >= 11 is 6.57. The van der Waals surface area contributed by atoms with Crippen LogP contribution in [0.2, 0.25) is 5.02 Å². The molecule has 2 aliphatic rings. The van der Waals surface area contributed by atoms with Crippen LogP contribution >= 0.6 is 11.6 Å². The molecule has 0 radical (unpaired) electrons. The zero-order valence-corrected chi connectivity index (χ0v) is 18.9. The van der Waals surface area contributed by atoms with Gasteiger partial charge in [-0.25, -0.2) is 4.98 Å². The van der Waals surface area contributed by atoms with E-state index in [1.807, 2.05) is 30.3 Å². The summed E-state index contributed by atoms with van der Waals surface area (Å²) in [6.45, 7) is 4.08. The zero-order chi connectivity index (χ0) is 23.3. The van der Waals surface area contributed by atoms with E-state index in [2.05, 4.69) is 45.8 Å². The number of aromatic amines is 1. The fraction of sp³-hybridized carbons (Fsp3) is 0.231. The minimum atomic E-state index is -1.21. The van der Waals surface area contributed by atoms with Crippen LogP contribution in [-0.2, 0) is 9.47 Å². The molecule has 4 aromatic rings. The second-order valence-corrected chi connectivity index (χ2v) is 8.96. The lowest BCUT2D eigenvalue weighted by Gasteiger charge is -2.21. The van der Waals surface area contributed by atoms with Crippen LogP contribution in [0.25, 0.3) is 33.5 Å². The molecule has 4 atom stereocenters. The van der Waals surface area contributed by atoms with E-state index in [4.69, 9.17) is 25.8 Å². The highest BCUT2D eigenvalue weighted by Gasteiger charge is 2.55. The summed E-state index contributed by atoms with van der Waals surface area (Å²) in [4.78, 5) is 12.3. The lowest BCUT2D eigenvalue weighted by atomic mass is 9.96. The summed E-state index contributed by atoms with van der Waals surface area (Å²) in [6.07, 6.45) is 0.116. The fourth-order valence-electron chi connectivity index (χ4n) is 4.54. The van der Waals surface area contributed by atoms with E-state index < -0.39 is 23.9 Å². The highest BCUT2D eigenvalue weighted by Crippen LogP contribution is 2.37. The number of hydrogen-bond donors (Lipinski definition) is 2. The molecular weight excluding hydrogens is 454 g/mol. The number of fused-ring (bicyclic) bond motifs is 2. The van der Waals surface area contributed by atoms with Crippen molar-refractivity contribution in [3.63, 3.8) is 0 Å². The Morgan fingerprint density at radius 3 is 2.56 bits per heavy atom. The molecule has 34 heavy (non-hydrogen) atoms. The molecular formula is C26H22ClN3O4. The van der Waals surface area contributed by atoms with Crippen molar-refractivity contribution in [1.29, 1.82) is 0 Å². The third-order valence-corrected chi connectivity index (χ3v) is 6.68. The monoisotopic (exact) mass is 475 g/mol. The van der Waals surface area contributed by atoms with Crippen molar-refractivity contribution in [2.24, 2.45) is 0 Å². The van der Waals surface area contributed by atoms with Crippen molar-refractivity contribution in [3.05, 3.63) is 78.3 Å². The fourth-order valence-corrected chi connectivity index (χ4v) is 4.80. The second kappa shape index (κ2) is 8.21. The van der Waals surface area contributed by atoms with Crippen LogP contribution in [0.4, 0.5) is 0 Å². The third-order valence-electron chi connectivity index (χ3n) is 6.39. The highest BCUT2D eigenvalue weighted by atomic mass is 35.5. The molecule has 2 unspecified atom stereocenters. The molecule has 6 rings (SSSR count). The maximum atomic E-state index is 10.5. The van der Waals surface area contributed by atoms with Gasteiger partial charge < -0.3 is 24.3 Å². The summed E-state index contributed by atoms with van der Waals surface area (Å²) < 4.78 is 17.5. The van der Waals surface area contributed by atoms with Gasteiger partial charge in [0, 0.05) is 5.56 Å². The van der Waals surface area contributed by atoms with Crippen LogP contribution in [0, 0.1) is 0 Å². The molecule has 8 heteroatoms. The predicted octanol–water partition coefficient (Wildman–Crippen LogP) is 4.41. The number of rotatable bonds is 5. The quantitative estimate of drug-likeness (QED) is 0.416. The van der Waals surface area contributed by atoms with Crippen LogP contribution < -0.4 is 4.74 Å². The summed E-state index contributed by atoms with van der Waals surface area (Å²) in [7, 11) is 0. The Kier molecular flexibility index (Phi) is 5.15. The molecule has 7 nitrogen and oxygen atoms in total. The van der Waals surface area contributed by atoms with E-state index in [9.17, 15) is 5.11 Å². The molecule has 0 spiro atoms. The van der Waals surface area contributed by atoms with Crippen molar-refractivity contribution in [2.45, 2.75) is 23.9 Å². The number of pyridine rings is 1. The number of nitrogens with zero attached hydrogens (tertiary/aromatic N) is 2. The zero-order valence-electron chi connectivity index (χ0n) is 18.1. The first-order chi connectivity index (χ1) is 16.5. The van der Waals surface area contributed by atoms with Crippen molar-refractivity contribution in [2.75, 3.05) is 13.2 Å². The van der Waals surface area contributed by atoms with Gasteiger partial charge in [0.2, 0.25) is 0 Å². The van der Waals surface area contributed by atoms with E-state index in [1.54, 1.807) is 6.07 Å². The van der Waals surface area contributed by atoms with Crippen LogP contribution in [0.3, 0.4) is 0 Å². The van der Waals surface area contributed by atoms with Gasteiger partial charge in [0.1, 0.15) is 17.8 Å². The molecule has 4 heterocycles. The van der Waals surface area contributed by atoms with Crippen molar-refractivity contribution >= 4 is 22.8 Å². The number of halogens is 1. The van der Waals surface area contributed by atoms with Crippen LogP contribution in [0.1, 0.15) is 0 Å². The van der Waals surface area contributed by atoms with Crippen LogP contribution in [0.15, 0.2) is 73.3 Å². The molecule has 0 bridgehead atoms. The number of benzene rings is 2. The summed E-state index contributed by atoms with van der Waals surface area (Å²) in [6, 6.07) is 20.4.